The molecule has 1 N–H and O–H groups in total. The van der Waals surface area contributed by atoms with Crippen LogP contribution in [-0.4, -0.2) is 28.8 Å². The summed E-state index contributed by atoms with van der Waals surface area (Å²) in [5.74, 6) is -0.154. The van der Waals surface area contributed by atoms with Gasteiger partial charge in [0.1, 0.15) is 6.04 Å². The second kappa shape index (κ2) is 10.9. The first-order valence-corrected chi connectivity index (χ1v) is 11.7. The lowest BCUT2D eigenvalue weighted by atomic mass is 9.86. The molecule has 0 heterocycles. The number of carbonyl (C=O) groups excluding carboxylic acids is 2. The van der Waals surface area contributed by atoms with E-state index >= 15 is 0 Å². The van der Waals surface area contributed by atoms with E-state index in [1.807, 2.05) is 38.1 Å². The molecular weight excluding hydrogens is 452 g/mol. The van der Waals surface area contributed by atoms with E-state index in [1.54, 1.807) is 11.8 Å². The molecule has 0 saturated heterocycles. The first-order chi connectivity index (χ1) is 14.5. The standard InChI is InChI=1S/C26H35BrN2O2/c1-18(2)28-25(31)19(3)29(17-21-8-7-9-23(27)16-21)24(30)15-12-20-10-13-22(14-11-20)26(4,5)6/h7-11,13-14,16,18-19H,12,15,17H2,1-6H3,(H,28,31)/t19-/m0/s1. The van der Waals surface area contributed by atoms with Crippen LogP contribution in [0.2, 0.25) is 0 Å². The molecular formula is C26H35BrN2O2. The van der Waals surface area contributed by atoms with Crippen molar-refractivity contribution in [1.29, 1.82) is 0 Å². The summed E-state index contributed by atoms with van der Waals surface area (Å²) in [7, 11) is 0. The highest BCUT2D eigenvalue weighted by Gasteiger charge is 2.26. The number of benzene rings is 2. The second-order valence-electron chi connectivity index (χ2n) is 9.44. The van der Waals surface area contributed by atoms with E-state index in [1.165, 1.54) is 5.56 Å². The van der Waals surface area contributed by atoms with Crippen molar-refractivity contribution in [2.75, 3.05) is 0 Å². The number of amides is 2. The van der Waals surface area contributed by atoms with Crippen molar-refractivity contribution in [1.82, 2.24) is 10.2 Å². The Morgan fingerprint density at radius 1 is 1.00 bits per heavy atom. The van der Waals surface area contributed by atoms with Crippen molar-refractivity contribution in [3.05, 3.63) is 69.7 Å². The zero-order chi connectivity index (χ0) is 23.2. The molecule has 2 amide bonds. The Bertz CT molecular complexity index is 885. The number of nitrogens with zero attached hydrogens (tertiary/aromatic N) is 1. The maximum Gasteiger partial charge on any atom is 0.242 e. The number of aryl methyl sites for hydroxylation is 1. The fraction of sp³-hybridized carbons (Fsp3) is 0.462. The van der Waals surface area contributed by atoms with Crippen molar-refractivity contribution >= 4 is 27.7 Å². The topological polar surface area (TPSA) is 49.4 Å². The van der Waals surface area contributed by atoms with Gasteiger partial charge in [-0.15, -0.1) is 0 Å². The third-order valence-corrected chi connectivity index (χ3v) is 5.78. The van der Waals surface area contributed by atoms with Gasteiger partial charge in [0.25, 0.3) is 0 Å². The largest absolute Gasteiger partial charge is 0.352 e. The second-order valence-corrected chi connectivity index (χ2v) is 10.4. The van der Waals surface area contributed by atoms with Crippen LogP contribution >= 0.6 is 15.9 Å². The van der Waals surface area contributed by atoms with Gasteiger partial charge in [0.15, 0.2) is 0 Å². The summed E-state index contributed by atoms with van der Waals surface area (Å²) in [5, 5.41) is 2.93. The van der Waals surface area contributed by atoms with Gasteiger partial charge in [0.2, 0.25) is 11.8 Å². The van der Waals surface area contributed by atoms with Crippen LogP contribution < -0.4 is 5.32 Å². The van der Waals surface area contributed by atoms with Gasteiger partial charge in [-0.2, -0.15) is 0 Å². The Labute approximate surface area is 195 Å². The quantitative estimate of drug-likeness (QED) is 0.526. The normalized spacial score (nSPS) is 12.5. The van der Waals surface area contributed by atoms with Crippen LogP contribution in [0.4, 0.5) is 0 Å². The maximum atomic E-state index is 13.2. The fourth-order valence-electron chi connectivity index (χ4n) is 3.39. The smallest absolute Gasteiger partial charge is 0.242 e. The molecule has 0 radical (unpaired) electrons. The van der Waals surface area contributed by atoms with Crippen LogP contribution in [0.1, 0.15) is 64.7 Å². The van der Waals surface area contributed by atoms with Crippen molar-refractivity contribution < 1.29 is 9.59 Å². The van der Waals surface area contributed by atoms with Gasteiger partial charge in [0, 0.05) is 23.5 Å². The van der Waals surface area contributed by atoms with E-state index in [4.69, 9.17) is 0 Å². The highest BCUT2D eigenvalue weighted by molar-refractivity contribution is 9.10. The molecule has 5 heteroatoms. The molecule has 2 rings (SSSR count). The molecule has 0 aliphatic heterocycles. The number of hydrogen-bond acceptors (Lipinski definition) is 2. The van der Waals surface area contributed by atoms with Gasteiger partial charge < -0.3 is 10.2 Å². The molecule has 4 nitrogen and oxygen atoms in total. The van der Waals surface area contributed by atoms with Crippen molar-refractivity contribution in [2.24, 2.45) is 0 Å². The molecule has 0 fully saturated rings. The highest BCUT2D eigenvalue weighted by atomic mass is 79.9. The molecule has 2 aromatic carbocycles. The van der Waals surface area contributed by atoms with Crippen molar-refractivity contribution in [2.45, 2.75) is 78.4 Å². The SMILES string of the molecule is CC(C)NC(=O)[C@H](C)N(Cc1cccc(Br)c1)C(=O)CCc1ccc(C(C)(C)C)cc1. The third kappa shape index (κ3) is 7.80. The summed E-state index contributed by atoms with van der Waals surface area (Å²) in [4.78, 5) is 27.5. The average Bonchev–Trinajstić information content (AvgIpc) is 2.69. The monoisotopic (exact) mass is 486 g/mol. The molecule has 0 saturated carbocycles. The molecule has 0 aliphatic rings. The molecule has 0 unspecified atom stereocenters. The van der Waals surface area contributed by atoms with E-state index in [9.17, 15) is 9.59 Å². The Morgan fingerprint density at radius 2 is 1.65 bits per heavy atom. The van der Waals surface area contributed by atoms with E-state index in [0.717, 1.165) is 15.6 Å². The first kappa shape index (κ1) is 25.1. The molecule has 0 aliphatic carbocycles. The summed E-state index contributed by atoms with van der Waals surface area (Å²) in [6, 6.07) is 15.8. The van der Waals surface area contributed by atoms with Crippen LogP contribution in [0.15, 0.2) is 53.0 Å². The van der Waals surface area contributed by atoms with Crippen molar-refractivity contribution in [3.8, 4) is 0 Å². The Hall–Kier alpha value is -2.14. The van der Waals surface area contributed by atoms with Crippen LogP contribution in [0.3, 0.4) is 0 Å². The Balaban J connectivity index is 2.14. The minimum atomic E-state index is -0.544. The molecule has 0 aromatic heterocycles. The van der Waals surface area contributed by atoms with Gasteiger partial charge in [-0.25, -0.2) is 0 Å². The third-order valence-electron chi connectivity index (χ3n) is 5.29. The van der Waals surface area contributed by atoms with E-state index in [2.05, 4.69) is 66.3 Å². The Morgan fingerprint density at radius 3 is 2.19 bits per heavy atom. The number of rotatable bonds is 8. The summed E-state index contributed by atoms with van der Waals surface area (Å²) in [5.41, 5.74) is 3.50. The highest BCUT2D eigenvalue weighted by Crippen LogP contribution is 2.23. The van der Waals surface area contributed by atoms with Crippen LogP contribution in [-0.2, 0) is 28.0 Å². The lowest BCUT2D eigenvalue weighted by molar-refractivity contribution is -0.140. The fourth-order valence-corrected chi connectivity index (χ4v) is 3.83. The van der Waals surface area contributed by atoms with E-state index in [-0.39, 0.29) is 23.3 Å². The van der Waals surface area contributed by atoms with Crippen LogP contribution in [0, 0.1) is 0 Å². The molecule has 168 valence electrons. The number of halogens is 1. The minimum absolute atomic E-state index is 0.0220. The lowest BCUT2D eigenvalue weighted by Crippen LogP contribution is -2.49. The van der Waals surface area contributed by atoms with E-state index < -0.39 is 6.04 Å². The maximum absolute atomic E-state index is 13.2. The van der Waals surface area contributed by atoms with Gasteiger partial charge in [0.05, 0.1) is 0 Å². The van der Waals surface area contributed by atoms with Crippen LogP contribution in [0.5, 0.6) is 0 Å². The number of carbonyl (C=O) groups is 2. The van der Waals surface area contributed by atoms with E-state index in [0.29, 0.717) is 19.4 Å². The molecule has 1 atom stereocenters. The summed E-state index contributed by atoms with van der Waals surface area (Å²) in [6.07, 6.45) is 1.01. The summed E-state index contributed by atoms with van der Waals surface area (Å²) >= 11 is 3.49. The first-order valence-electron chi connectivity index (χ1n) is 10.9. The summed E-state index contributed by atoms with van der Waals surface area (Å²) in [6.45, 7) is 12.6. The molecule has 0 spiro atoms. The van der Waals surface area contributed by atoms with Gasteiger partial charge >= 0.3 is 0 Å². The predicted octanol–water partition coefficient (Wildman–Crippen LogP) is 5.62. The lowest BCUT2D eigenvalue weighted by Gasteiger charge is -2.29. The molecule has 31 heavy (non-hydrogen) atoms. The predicted molar refractivity (Wildman–Crippen MR) is 131 cm³/mol. The minimum Gasteiger partial charge on any atom is -0.352 e. The average molecular weight is 487 g/mol. The molecule has 0 bridgehead atoms. The zero-order valence-corrected chi connectivity index (χ0v) is 21.1. The number of hydrogen-bond donors (Lipinski definition) is 1. The van der Waals surface area contributed by atoms with Crippen molar-refractivity contribution in [3.63, 3.8) is 0 Å². The van der Waals surface area contributed by atoms with Gasteiger partial charge in [-0.1, -0.05) is 73.1 Å². The Kier molecular flexibility index (Phi) is 8.87. The van der Waals surface area contributed by atoms with Crippen LogP contribution in [0.25, 0.3) is 0 Å². The molecule has 2 aromatic rings. The summed E-state index contributed by atoms with van der Waals surface area (Å²) < 4.78 is 0.954. The number of nitrogens with one attached hydrogen (secondary N) is 1. The zero-order valence-electron chi connectivity index (χ0n) is 19.5. The van der Waals surface area contributed by atoms with Gasteiger partial charge in [-0.05, 0) is 61.4 Å². The van der Waals surface area contributed by atoms with Gasteiger partial charge in [-0.3, -0.25) is 9.59 Å².